The molecule has 15 rings (SSSR count). The van der Waals surface area contributed by atoms with Crippen molar-refractivity contribution in [3.8, 4) is 57.3 Å². The molecule has 2 aromatic heterocycles. The van der Waals surface area contributed by atoms with E-state index < -0.39 is 34.8 Å². The fraction of sp³-hybridized carbons (Fsp3) is 0.333. The second-order valence-corrected chi connectivity index (χ2v) is 25.6. The maximum Gasteiger partial charge on any atom is 0.204 e. The van der Waals surface area contributed by atoms with Gasteiger partial charge in [-0.3, -0.25) is 4.79 Å². The molecule has 3 fully saturated rings. The average Bonchev–Trinajstić information content (AvgIpc) is 1.69. The smallest absolute Gasteiger partial charge is 0.204 e. The number of nitrogens with one attached hydrogen (secondary N) is 2. The number of nitrogens with zero attached hydrogens (tertiary/aromatic N) is 2. The highest BCUT2D eigenvalue weighted by Crippen LogP contribution is 2.60. The number of aliphatic imine (C=N–C) groups is 1. The molecule has 8 bridgehead atoms. The van der Waals surface area contributed by atoms with Crippen molar-refractivity contribution in [2.24, 2.45) is 28.3 Å². The number of nitrogens with two attached hydrogens (primary N) is 2. The summed E-state index contributed by atoms with van der Waals surface area (Å²) in [6.45, 7) is 3.40. The van der Waals surface area contributed by atoms with Gasteiger partial charge >= 0.3 is 0 Å². The van der Waals surface area contributed by atoms with E-state index in [1.807, 2.05) is 36.4 Å². The molecule has 89 heavy (non-hydrogen) atoms. The van der Waals surface area contributed by atoms with Crippen molar-refractivity contribution in [2.75, 3.05) is 44.9 Å². The summed E-state index contributed by atoms with van der Waals surface area (Å²) in [5.41, 5.74) is 23.5. The summed E-state index contributed by atoms with van der Waals surface area (Å²) >= 11 is 0. The molecule has 454 valence electrons. The normalized spacial score (nSPS) is 23.3. The summed E-state index contributed by atoms with van der Waals surface area (Å²) in [5, 5.41) is 37.5. The van der Waals surface area contributed by atoms with Crippen molar-refractivity contribution in [3.05, 3.63) is 200 Å². The molecule has 9 N–H and O–H groups in total. The van der Waals surface area contributed by atoms with Crippen molar-refractivity contribution in [2.45, 2.75) is 106 Å². The number of rotatable bonds is 11. The fourth-order valence-electron chi connectivity index (χ4n) is 15.6. The molecule has 8 atom stereocenters. The van der Waals surface area contributed by atoms with Crippen LogP contribution in [-0.2, 0) is 23.7 Å². The number of ether oxygens (including phenoxy) is 3. The topological polar surface area (TPSA) is 214 Å². The van der Waals surface area contributed by atoms with Gasteiger partial charge in [0.1, 0.15) is 22.7 Å². The number of aliphatic hydroxyl groups excluding tert-OH is 2. The molecule has 8 aromatic rings. The Morgan fingerprint density at radius 2 is 1.73 bits per heavy atom. The number of methoxy groups -OCH3 is 1. The molecular weight excluding hydrogens is 1110 g/mol. The largest absolute Gasteiger partial charge is 0.508 e. The van der Waals surface area contributed by atoms with Gasteiger partial charge in [-0.2, -0.15) is 0 Å². The van der Waals surface area contributed by atoms with Crippen molar-refractivity contribution in [1.29, 1.82) is 0 Å². The van der Waals surface area contributed by atoms with Gasteiger partial charge in [-0.05, 0) is 126 Å². The number of aromatic hydroxyl groups is 1. The van der Waals surface area contributed by atoms with Crippen LogP contribution in [0.5, 0.6) is 23.0 Å². The van der Waals surface area contributed by atoms with E-state index in [1.54, 1.807) is 30.3 Å². The molecule has 3 aliphatic carbocycles. The number of phenols is 1. The second-order valence-electron chi connectivity index (χ2n) is 25.6. The molecule has 2 saturated carbocycles. The number of phenolic OH excluding ortho intramolecular Hbond substituents is 1. The van der Waals surface area contributed by atoms with Crippen LogP contribution in [0.15, 0.2) is 160 Å². The minimum atomic E-state index is -0.898. The quantitative estimate of drug-likeness (QED) is 0.0366. The molecule has 1 saturated heterocycles. The number of guanidine groups is 1. The number of aromatic amines is 1. The molecule has 0 unspecified atom stereocenters. The van der Waals surface area contributed by atoms with Gasteiger partial charge in [0.2, 0.25) is 5.75 Å². The number of aliphatic hydroxyl groups is 2. The lowest BCUT2D eigenvalue weighted by Gasteiger charge is -2.51. The van der Waals surface area contributed by atoms with E-state index in [-0.39, 0.29) is 95.2 Å². The van der Waals surface area contributed by atoms with Gasteiger partial charge in [0.05, 0.1) is 55.7 Å². The number of allylic oxidation sites excluding steroid dienone is 1. The van der Waals surface area contributed by atoms with Gasteiger partial charge in [0.15, 0.2) is 28.5 Å². The van der Waals surface area contributed by atoms with Crippen LogP contribution >= 0.6 is 0 Å². The van der Waals surface area contributed by atoms with Crippen LogP contribution in [0.2, 0.25) is 0 Å². The minimum absolute atomic E-state index is 0.0271. The van der Waals surface area contributed by atoms with Gasteiger partial charge < -0.3 is 60.6 Å². The Bertz CT molecular complexity index is 4200. The number of fused-ring (bicyclic) bond motifs is 14. The summed E-state index contributed by atoms with van der Waals surface area (Å²) < 4.78 is 27.7. The van der Waals surface area contributed by atoms with Gasteiger partial charge in [-0.1, -0.05) is 147 Å². The lowest BCUT2D eigenvalue weighted by Crippen LogP contribution is -2.65. The van der Waals surface area contributed by atoms with Crippen LogP contribution in [0, 0.1) is 23.7 Å². The van der Waals surface area contributed by atoms with Crippen LogP contribution in [0.3, 0.4) is 0 Å². The molecule has 6 heterocycles. The highest BCUT2D eigenvalue weighted by molar-refractivity contribution is 5.94. The van der Waals surface area contributed by atoms with Gasteiger partial charge in [-0.15, -0.1) is 0 Å². The third-order valence-electron chi connectivity index (χ3n) is 20.0. The van der Waals surface area contributed by atoms with Crippen LogP contribution in [0.4, 0.5) is 11.5 Å². The number of H-pyrrole nitrogens is 1. The molecule has 0 radical (unpaired) electrons. The molecule has 1 spiro atoms. The van der Waals surface area contributed by atoms with Crippen molar-refractivity contribution in [3.63, 3.8) is 0 Å². The van der Waals surface area contributed by atoms with Crippen LogP contribution < -0.4 is 41.3 Å². The zero-order chi connectivity index (χ0) is 61.0. The Morgan fingerprint density at radius 1 is 0.910 bits per heavy atom. The number of aromatic nitrogens is 1. The number of hydrogen-bond acceptors (Lipinski definition) is 11. The minimum Gasteiger partial charge on any atom is -0.508 e. The Labute approximate surface area is 519 Å². The standard InChI is InChI=1S/C75H76N6O8/c1-74(30-8-9-31-74)64-39-58-50-15-10-13-46(35-50)36-52-23-28-60-71(81(33-32-78-60)72(58)80-64)75(41-53-19-18-48-14-6-7-16-57(48)59(53)42-75)54-24-20-51(61(38-54)79-73(76)77)37-47(43-82)44-88-68-65(52)67-66(62(85)40-63(89-67)49-21-26-55(83)27-22-49)69(70(68)86-2)87-34-29-56(84)25-17-45-11-4-3-5-12-45/h3-7,10-22,24-27,35,38-40,47,52-53,56,59-60,71,78,80,82-84H,8-9,29-34,36-37,41-44H2,1-2H3,(H4,76,77,79)/b25-17+/t47-,52-,53+,56+,59-,60-,71+,75-/m1/s1. The monoisotopic (exact) mass is 1190 g/mol. The van der Waals surface area contributed by atoms with Crippen molar-refractivity contribution >= 4 is 40.6 Å². The highest BCUT2D eigenvalue weighted by atomic mass is 16.5. The third-order valence-corrected chi connectivity index (χ3v) is 20.0. The van der Waals surface area contributed by atoms with Gasteiger partial charge in [0.25, 0.3) is 0 Å². The molecule has 7 aliphatic rings. The molecule has 14 heteroatoms. The SMILES string of the molecule is COc1c2c(c3oc(-c4ccc(O)cc4)cc(=O)c3c1OCC[C@@H](O)/C=C/c1ccccc1)[C@@H]1C#C[C@H]3NCCN(c4[nH]c(C5(C)CCCC5)cc4-c4cccc(c4)C1)[C@@H]3[C@@]1(C[C@@H]3C=Cc4ccccc4[C@@H]3C1)c1ccc(c(N=C(N)N)c1)C[C@H](CO)CO2. The zero-order valence-corrected chi connectivity index (χ0v) is 50.4. The Kier molecular flexibility index (Phi) is 15.5. The maximum absolute atomic E-state index is 15.4. The summed E-state index contributed by atoms with van der Waals surface area (Å²) in [4.78, 5) is 27.2. The first kappa shape index (κ1) is 57.7. The first-order chi connectivity index (χ1) is 43.4. The third kappa shape index (κ3) is 10.8. The zero-order valence-electron chi connectivity index (χ0n) is 50.4. The maximum atomic E-state index is 15.4. The fourth-order valence-corrected chi connectivity index (χ4v) is 15.6. The van der Waals surface area contributed by atoms with Crippen molar-refractivity contribution < 1.29 is 33.9 Å². The average molecular weight is 1190 g/mol. The van der Waals surface area contributed by atoms with Crippen LogP contribution in [-0.4, -0.2) is 84.5 Å². The summed E-state index contributed by atoms with van der Waals surface area (Å²) in [6.07, 6.45) is 14.4. The van der Waals surface area contributed by atoms with E-state index in [0.717, 1.165) is 64.9 Å². The molecule has 0 amide bonds. The summed E-state index contributed by atoms with van der Waals surface area (Å²) in [5.74, 6) is 8.83. The first-order valence-electron chi connectivity index (χ1n) is 31.5. The Balaban J connectivity index is 1.04. The van der Waals surface area contributed by atoms with E-state index in [2.05, 4.69) is 119 Å². The predicted octanol–water partition coefficient (Wildman–Crippen LogP) is 11.9. The summed E-state index contributed by atoms with van der Waals surface area (Å²) in [6, 6.07) is 43.6. The molecule has 4 aliphatic heterocycles. The lowest BCUT2D eigenvalue weighted by molar-refractivity contribution is 0.156. The predicted molar refractivity (Wildman–Crippen MR) is 351 cm³/mol. The number of benzene rings is 6. The molecule has 6 aromatic carbocycles. The van der Waals surface area contributed by atoms with E-state index in [0.29, 0.717) is 42.7 Å². The lowest BCUT2D eigenvalue weighted by atomic mass is 9.67. The van der Waals surface area contributed by atoms with Crippen LogP contribution in [0.1, 0.15) is 108 Å². The van der Waals surface area contributed by atoms with Crippen molar-refractivity contribution in [1.82, 2.24) is 10.3 Å². The van der Waals surface area contributed by atoms with E-state index in [4.69, 9.17) is 35.1 Å². The summed E-state index contributed by atoms with van der Waals surface area (Å²) in [7, 11) is 1.52. The van der Waals surface area contributed by atoms with Crippen LogP contribution in [0.25, 0.3) is 45.6 Å². The molecular formula is C75H76N6O8. The molecule has 14 nitrogen and oxygen atoms in total. The van der Waals surface area contributed by atoms with E-state index >= 15 is 4.79 Å². The van der Waals surface area contributed by atoms with E-state index in [9.17, 15) is 15.3 Å². The van der Waals surface area contributed by atoms with Gasteiger partial charge in [-0.25, -0.2) is 4.99 Å². The van der Waals surface area contributed by atoms with Gasteiger partial charge in [0, 0.05) is 65.8 Å². The number of hydrogen-bond donors (Lipinski definition) is 7. The van der Waals surface area contributed by atoms with E-state index in [1.165, 1.54) is 42.8 Å². The highest BCUT2D eigenvalue weighted by Gasteiger charge is 2.57. The first-order valence-corrected chi connectivity index (χ1v) is 31.5. The Hall–Kier alpha value is -9.00. The second kappa shape index (κ2) is 23.8. The number of anilines is 1. The number of piperazine rings is 1. The Morgan fingerprint density at radius 3 is 2.54 bits per heavy atom.